The number of hydrogen-bond acceptors (Lipinski definition) is 8. The first-order valence-electron chi connectivity index (χ1n) is 11.2. The van der Waals surface area contributed by atoms with Gasteiger partial charge >= 0.3 is 0 Å². The minimum Gasteiger partial charge on any atom is -0.397 e. The zero-order valence-corrected chi connectivity index (χ0v) is 20.2. The van der Waals surface area contributed by atoms with Crippen LogP contribution >= 0.6 is 11.3 Å². The molecule has 182 valence electrons. The second-order valence-corrected chi connectivity index (χ2v) is 8.77. The molecule has 0 aliphatic heterocycles. The smallest absolute Gasteiger partial charge is 0.274 e. The minimum atomic E-state index is -0.419. The molecule has 0 spiro atoms. The number of nitrogens with two attached hydrogens (primary N) is 1. The van der Waals surface area contributed by atoms with Crippen molar-refractivity contribution in [2.75, 3.05) is 21.7 Å². The molecule has 0 saturated heterocycles. The molecule has 0 unspecified atom stereocenters. The van der Waals surface area contributed by atoms with Gasteiger partial charge < -0.3 is 21.7 Å². The molecule has 0 saturated carbocycles. The molecule has 0 fully saturated rings. The van der Waals surface area contributed by atoms with Gasteiger partial charge in [0.1, 0.15) is 5.69 Å². The molecule has 37 heavy (non-hydrogen) atoms. The summed E-state index contributed by atoms with van der Waals surface area (Å²) in [7, 11) is 0. The standard InChI is InChI=1S/C27H21N7O2S/c28-21-8-1-2-9-22(21)33-26(36)23-11-10-18(15-30-23)25(35)31-19-6-3-7-20(13-19)32-27-34-24(16-37-27)17-5-4-12-29-14-17/h1-16H,28H2,(H,31,35)(H,32,34)(H,33,36). The molecule has 0 bridgehead atoms. The van der Waals surface area contributed by atoms with Crippen LogP contribution in [0.5, 0.6) is 0 Å². The van der Waals surface area contributed by atoms with E-state index in [4.69, 9.17) is 5.73 Å². The lowest BCUT2D eigenvalue weighted by Crippen LogP contribution is -2.16. The first kappa shape index (κ1) is 23.6. The lowest BCUT2D eigenvalue weighted by molar-refractivity contribution is 0.101. The van der Waals surface area contributed by atoms with Crippen LogP contribution in [0.15, 0.2) is 96.8 Å². The Bertz CT molecular complexity index is 1550. The van der Waals surface area contributed by atoms with Gasteiger partial charge in [0.05, 0.1) is 22.6 Å². The van der Waals surface area contributed by atoms with E-state index >= 15 is 0 Å². The van der Waals surface area contributed by atoms with E-state index < -0.39 is 5.91 Å². The summed E-state index contributed by atoms with van der Waals surface area (Å²) < 4.78 is 0. The van der Waals surface area contributed by atoms with Gasteiger partial charge in [0.25, 0.3) is 11.8 Å². The van der Waals surface area contributed by atoms with Gasteiger partial charge in [-0.15, -0.1) is 11.3 Å². The monoisotopic (exact) mass is 507 g/mol. The lowest BCUT2D eigenvalue weighted by atomic mass is 10.2. The summed E-state index contributed by atoms with van der Waals surface area (Å²) in [4.78, 5) is 38.1. The summed E-state index contributed by atoms with van der Waals surface area (Å²) >= 11 is 1.48. The maximum Gasteiger partial charge on any atom is 0.274 e. The fraction of sp³-hybridized carbons (Fsp3) is 0. The highest BCUT2D eigenvalue weighted by Crippen LogP contribution is 2.27. The SMILES string of the molecule is Nc1ccccc1NC(=O)c1ccc(C(=O)Nc2cccc(Nc3nc(-c4cccnc4)cs3)c2)cn1. The van der Waals surface area contributed by atoms with Crippen LogP contribution in [0.3, 0.4) is 0 Å². The lowest BCUT2D eigenvalue weighted by Gasteiger charge is -2.09. The van der Waals surface area contributed by atoms with E-state index in [2.05, 4.69) is 30.9 Å². The van der Waals surface area contributed by atoms with Crippen molar-refractivity contribution in [2.45, 2.75) is 0 Å². The number of pyridine rings is 2. The molecule has 0 aliphatic carbocycles. The number of anilines is 5. The molecule has 0 aliphatic rings. The second kappa shape index (κ2) is 10.7. The summed E-state index contributed by atoms with van der Waals surface area (Å²) in [5, 5.41) is 11.5. The first-order chi connectivity index (χ1) is 18.0. The Morgan fingerprint density at radius 1 is 0.838 bits per heavy atom. The van der Waals surface area contributed by atoms with Gasteiger partial charge in [-0.1, -0.05) is 18.2 Å². The molecular weight excluding hydrogens is 486 g/mol. The Kier molecular flexibility index (Phi) is 6.82. The maximum absolute atomic E-state index is 12.8. The Balaban J connectivity index is 1.22. The van der Waals surface area contributed by atoms with Gasteiger partial charge in [-0.2, -0.15) is 0 Å². The predicted octanol–water partition coefficient (Wildman–Crippen LogP) is 5.43. The van der Waals surface area contributed by atoms with Crippen LogP contribution in [0.25, 0.3) is 11.3 Å². The van der Waals surface area contributed by atoms with E-state index in [1.54, 1.807) is 48.8 Å². The molecule has 0 radical (unpaired) electrons. The first-order valence-corrected chi connectivity index (χ1v) is 12.1. The highest BCUT2D eigenvalue weighted by atomic mass is 32.1. The molecule has 5 rings (SSSR count). The molecule has 5 aromatic rings. The predicted molar refractivity (Wildman–Crippen MR) is 146 cm³/mol. The highest BCUT2D eigenvalue weighted by Gasteiger charge is 2.12. The minimum absolute atomic E-state index is 0.167. The van der Waals surface area contributed by atoms with E-state index in [1.807, 2.05) is 35.7 Å². The van der Waals surface area contributed by atoms with Crippen molar-refractivity contribution in [1.82, 2.24) is 15.0 Å². The average Bonchev–Trinajstić information content (AvgIpc) is 3.39. The number of benzene rings is 2. The van der Waals surface area contributed by atoms with Gasteiger partial charge in [-0.3, -0.25) is 19.6 Å². The van der Waals surface area contributed by atoms with Crippen LogP contribution in [0.2, 0.25) is 0 Å². The van der Waals surface area contributed by atoms with Crippen molar-refractivity contribution < 1.29 is 9.59 Å². The molecule has 10 heteroatoms. The van der Waals surface area contributed by atoms with Crippen molar-refractivity contribution in [1.29, 1.82) is 0 Å². The third-order valence-electron chi connectivity index (χ3n) is 5.30. The van der Waals surface area contributed by atoms with E-state index in [1.165, 1.54) is 23.6 Å². The normalized spacial score (nSPS) is 10.5. The molecule has 2 amide bonds. The van der Waals surface area contributed by atoms with Gasteiger partial charge in [0, 0.05) is 40.9 Å². The van der Waals surface area contributed by atoms with Crippen LogP contribution < -0.4 is 21.7 Å². The van der Waals surface area contributed by atoms with Gasteiger partial charge in [-0.05, 0) is 54.6 Å². The van der Waals surface area contributed by atoms with Crippen molar-refractivity contribution in [3.8, 4) is 11.3 Å². The molecule has 3 aromatic heterocycles. The number of nitrogens with zero attached hydrogens (tertiary/aromatic N) is 3. The molecule has 2 aromatic carbocycles. The van der Waals surface area contributed by atoms with Crippen LogP contribution in [0, 0.1) is 0 Å². The fourth-order valence-electron chi connectivity index (χ4n) is 3.44. The Hall–Kier alpha value is -5.09. The molecule has 3 heterocycles. The number of rotatable bonds is 7. The fourth-order valence-corrected chi connectivity index (χ4v) is 4.18. The summed E-state index contributed by atoms with van der Waals surface area (Å²) in [6.45, 7) is 0. The average molecular weight is 508 g/mol. The highest BCUT2D eigenvalue weighted by molar-refractivity contribution is 7.14. The number of carbonyl (C=O) groups excluding carboxylic acids is 2. The largest absolute Gasteiger partial charge is 0.397 e. The third kappa shape index (κ3) is 5.77. The summed E-state index contributed by atoms with van der Waals surface area (Å²) in [6, 6.07) is 21.1. The van der Waals surface area contributed by atoms with Gasteiger partial charge in [0.2, 0.25) is 0 Å². The van der Waals surface area contributed by atoms with Crippen molar-refractivity contribution in [3.63, 3.8) is 0 Å². The quantitative estimate of drug-likeness (QED) is 0.216. The Morgan fingerprint density at radius 3 is 2.49 bits per heavy atom. The molecule has 5 N–H and O–H groups in total. The number of para-hydroxylation sites is 2. The zero-order valence-electron chi connectivity index (χ0n) is 19.4. The third-order valence-corrected chi connectivity index (χ3v) is 6.06. The van der Waals surface area contributed by atoms with Crippen LogP contribution in [-0.2, 0) is 0 Å². The topological polar surface area (TPSA) is 135 Å². The number of aromatic nitrogens is 3. The molecular formula is C27H21N7O2S. The van der Waals surface area contributed by atoms with E-state index in [9.17, 15) is 9.59 Å². The Labute approximate surface area is 216 Å². The van der Waals surface area contributed by atoms with Gasteiger partial charge in [-0.25, -0.2) is 4.98 Å². The summed E-state index contributed by atoms with van der Waals surface area (Å²) in [6.07, 6.45) is 4.84. The van der Waals surface area contributed by atoms with E-state index in [0.717, 1.165) is 22.1 Å². The number of amides is 2. The van der Waals surface area contributed by atoms with E-state index in [0.29, 0.717) is 22.6 Å². The molecule has 0 atom stereocenters. The van der Waals surface area contributed by atoms with Crippen LogP contribution in [0.1, 0.15) is 20.8 Å². The number of nitrogen functional groups attached to an aromatic ring is 1. The Morgan fingerprint density at radius 2 is 1.70 bits per heavy atom. The number of nitrogens with one attached hydrogen (secondary N) is 3. The molecule has 9 nitrogen and oxygen atoms in total. The maximum atomic E-state index is 12.8. The van der Waals surface area contributed by atoms with Gasteiger partial charge in [0.15, 0.2) is 5.13 Å². The summed E-state index contributed by atoms with van der Waals surface area (Å²) in [5.41, 5.74) is 10.4. The van der Waals surface area contributed by atoms with Crippen LogP contribution in [-0.4, -0.2) is 26.8 Å². The zero-order chi connectivity index (χ0) is 25.6. The number of carbonyl (C=O) groups is 2. The van der Waals surface area contributed by atoms with Crippen molar-refractivity contribution in [3.05, 3.63) is 108 Å². The number of hydrogen-bond donors (Lipinski definition) is 4. The van der Waals surface area contributed by atoms with Crippen molar-refractivity contribution >= 4 is 51.0 Å². The second-order valence-electron chi connectivity index (χ2n) is 7.91. The van der Waals surface area contributed by atoms with Crippen LogP contribution in [0.4, 0.5) is 27.9 Å². The van der Waals surface area contributed by atoms with Crippen molar-refractivity contribution in [2.24, 2.45) is 0 Å². The number of thiazole rings is 1. The van der Waals surface area contributed by atoms with E-state index in [-0.39, 0.29) is 11.6 Å². The summed E-state index contributed by atoms with van der Waals surface area (Å²) in [5.74, 6) is -0.769.